The molecule has 2 N–H and O–H groups in total. The van der Waals surface area contributed by atoms with Gasteiger partial charge in [0.05, 0.1) is 6.10 Å². The molecule has 0 radical (unpaired) electrons. The topological polar surface area (TPSA) is 38.5 Å². The summed E-state index contributed by atoms with van der Waals surface area (Å²) in [6.07, 6.45) is 2.67. The Hall–Kier alpha value is 0.170. The van der Waals surface area contributed by atoms with Crippen LogP contribution in [0.1, 0.15) is 26.7 Å². The molecule has 2 atom stereocenters. The van der Waals surface area contributed by atoms with E-state index < -0.39 is 0 Å². The molecule has 2 unspecified atom stereocenters. The van der Waals surface area contributed by atoms with E-state index in [9.17, 15) is 0 Å². The van der Waals surface area contributed by atoms with E-state index in [1.54, 1.807) is 7.11 Å². The van der Waals surface area contributed by atoms with Crippen molar-refractivity contribution in [3.05, 3.63) is 0 Å². The summed E-state index contributed by atoms with van der Waals surface area (Å²) in [5.74, 6) is 0.725. The van der Waals surface area contributed by atoms with Gasteiger partial charge in [-0.2, -0.15) is 0 Å². The number of nitrogens with two attached hydrogens (primary N) is 1. The molecule has 0 amide bonds. The van der Waals surface area contributed by atoms with E-state index in [4.69, 9.17) is 10.5 Å². The normalized spacial score (nSPS) is 27.8. The van der Waals surface area contributed by atoms with E-state index in [1.807, 2.05) is 0 Å². The van der Waals surface area contributed by atoms with Crippen LogP contribution in [-0.2, 0) is 4.74 Å². The third kappa shape index (κ3) is 4.68. The lowest BCUT2D eigenvalue weighted by molar-refractivity contribution is 0.00941. The number of hydrogen-bond donors (Lipinski definition) is 1. The highest BCUT2D eigenvalue weighted by Crippen LogP contribution is 2.19. The highest BCUT2D eigenvalue weighted by atomic mass is 35.5. The monoisotopic (exact) mass is 236 g/mol. The molecule has 3 nitrogen and oxygen atoms in total. The van der Waals surface area contributed by atoms with Crippen LogP contribution in [0.25, 0.3) is 0 Å². The predicted octanol–water partition coefficient (Wildman–Crippen LogP) is 1.50. The molecule has 0 saturated carbocycles. The largest absolute Gasteiger partial charge is 0.381 e. The van der Waals surface area contributed by atoms with Gasteiger partial charge in [0.1, 0.15) is 0 Å². The van der Waals surface area contributed by atoms with E-state index in [-0.39, 0.29) is 12.4 Å². The molecule has 0 aliphatic carbocycles. The fraction of sp³-hybridized carbons (Fsp3) is 1.00. The standard InChI is InChI=1S/C11H24N2O.ClH/c1-9(2)8-13-5-4-11(14-3)6-10(13)7-12;/h9-11H,4-8,12H2,1-3H3;1H. The van der Waals surface area contributed by atoms with Crippen LogP contribution in [0, 0.1) is 5.92 Å². The molecule has 0 aromatic rings. The fourth-order valence-corrected chi connectivity index (χ4v) is 2.23. The molecule has 1 aliphatic rings. The summed E-state index contributed by atoms with van der Waals surface area (Å²) in [6, 6.07) is 0.524. The maximum Gasteiger partial charge on any atom is 0.0599 e. The lowest BCUT2D eigenvalue weighted by atomic mass is 9.98. The molecule has 1 aliphatic heterocycles. The predicted molar refractivity (Wildman–Crippen MR) is 66.5 cm³/mol. The summed E-state index contributed by atoms with van der Waals surface area (Å²) < 4.78 is 5.39. The van der Waals surface area contributed by atoms with Crippen molar-refractivity contribution in [1.82, 2.24) is 4.90 Å². The number of methoxy groups -OCH3 is 1. The molecule has 92 valence electrons. The van der Waals surface area contributed by atoms with Gasteiger partial charge < -0.3 is 10.5 Å². The van der Waals surface area contributed by atoms with Crippen molar-refractivity contribution in [3.8, 4) is 0 Å². The van der Waals surface area contributed by atoms with Gasteiger partial charge in [0.15, 0.2) is 0 Å². The molecular formula is C11H25ClN2O. The van der Waals surface area contributed by atoms with Crippen LogP contribution in [0.15, 0.2) is 0 Å². The summed E-state index contributed by atoms with van der Waals surface area (Å²) in [7, 11) is 1.80. The number of nitrogens with zero attached hydrogens (tertiary/aromatic N) is 1. The van der Waals surface area contributed by atoms with Crippen molar-refractivity contribution >= 4 is 12.4 Å². The minimum atomic E-state index is 0. The van der Waals surface area contributed by atoms with E-state index >= 15 is 0 Å². The van der Waals surface area contributed by atoms with Gasteiger partial charge in [0, 0.05) is 32.8 Å². The first kappa shape index (κ1) is 15.2. The van der Waals surface area contributed by atoms with Crippen LogP contribution in [0.3, 0.4) is 0 Å². The summed E-state index contributed by atoms with van der Waals surface area (Å²) in [4.78, 5) is 2.51. The number of rotatable bonds is 4. The van der Waals surface area contributed by atoms with Gasteiger partial charge in [0.25, 0.3) is 0 Å². The fourth-order valence-electron chi connectivity index (χ4n) is 2.23. The minimum absolute atomic E-state index is 0. The van der Waals surface area contributed by atoms with Crippen LogP contribution in [0.5, 0.6) is 0 Å². The summed E-state index contributed by atoms with van der Waals surface area (Å²) in [6.45, 7) is 7.58. The summed E-state index contributed by atoms with van der Waals surface area (Å²) in [5, 5.41) is 0. The smallest absolute Gasteiger partial charge is 0.0599 e. The highest BCUT2D eigenvalue weighted by Gasteiger charge is 2.27. The molecule has 0 aromatic carbocycles. The molecule has 0 spiro atoms. The third-order valence-corrected chi connectivity index (χ3v) is 2.99. The van der Waals surface area contributed by atoms with Gasteiger partial charge in [-0.05, 0) is 18.8 Å². The Morgan fingerprint density at radius 2 is 2.13 bits per heavy atom. The number of ether oxygens (including phenoxy) is 1. The molecule has 1 rings (SSSR count). The van der Waals surface area contributed by atoms with Crippen LogP contribution < -0.4 is 5.73 Å². The van der Waals surface area contributed by atoms with Gasteiger partial charge in [0.2, 0.25) is 0 Å². The van der Waals surface area contributed by atoms with Gasteiger partial charge in [-0.25, -0.2) is 0 Å². The Morgan fingerprint density at radius 3 is 2.60 bits per heavy atom. The van der Waals surface area contributed by atoms with Crippen LogP contribution in [0.4, 0.5) is 0 Å². The molecule has 1 saturated heterocycles. The van der Waals surface area contributed by atoms with E-state index in [1.165, 1.54) is 0 Å². The number of halogens is 1. The maximum atomic E-state index is 5.79. The van der Waals surface area contributed by atoms with Gasteiger partial charge in [-0.1, -0.05) is 13.8 Å². The van der Waals surface area contributed by atoms with Crippen molar-refractivity contribution in [1.29, 1.82) is 0 Å². The first-order chi connectivity index (χ1) is 6.67. The SMILES string of the molecule is COC1CCN(CC(C)C)C(CN)C1.Cl. The minimum Gasteiger partial charge on any atom is -0.381 e. The van der Waals surface area contributed by atoms with Gasteiger partial charge in [-0.15, -0.1) is 12.4 Å². The lowest BCUT2D eigenvalue weighted by Gasteiger charge is -2.39. The second-order valence-corrected chi connectivity index (χ2v) is 4.66. The van der Waals surface area contributed by atoms with Crippen molar-refractivity contribution in [2.75, 3.05) is 26.7 Å². The molecule has 0 aromatic heterocycles. The molecule has 4 heteroatoms. The van der Waals surface area contributed by atoms with Gasteiger partial charge >= 0.3 is 0 Å². The van der Waals surface area contributed by atoms with Crippen molar-refractivity contribution in [3.63, 3.8) is 0 Å². The summed E-state index contributed by atoms with van der Waals surface area (Å²) >= 11 is 0. The summed E-state index contributed by atoms with van der Waals surface area (Å²) in [5.41, 5.74) is 5.79. The maximum absolute atomic E-state index is 5.79. The Bertz CT molecular complexity index is 167. The van der Waals surface area contributed by atoms with Gasteiger partial charge in [-0.3, -0.25) is 4.90 Å². The number of piperidine rings is 1. The van der Waals surface area contributed by atoms with Crippen LogP contribution >= 0.6 is 12.4 Å². The Balaban J connectivity index is 0.00000196. The lowest BCUT2D eigenvalue weighted by Crippen LogP contribution is -2.49. The Morgan fingerprint density at radius 1 is 1.47 bits per heavy atom. The molecule has 1 heterocycles. The number of hydrogen-bond acceptors (Lipinski definition) is 3. The molecular weight excluding hydrogens is 212 g/mol. The Kier molecular flexibility index (Phi) is 7.53. The third-order valence-electron chi connectivity index (χ3n) is 2.99. The zero-order valence-electron chi connectivity index (χ0n) is 10.1. The first-order valence-corrected chi connectivity index (χ1v) is 5.64. The second kappa shape index (κ2) is 7.44. The molecule has 1 fully saturated rings. The van der Waals surface area contributed by atoms with Crippen LogP contribution in [0.2, 0.25) is 0 Å². The zero-order valence-corrected chi connectivity index (χ0v) is 10.9. The average molecular weight is 237 g/mol. The van der Waals surface area contributed by atoms with Crippen molar-refractivity contribution < 1.29 is 4.74 Å². The highest BCUT2D eigenvalue weighted by molar-refractivity contribution is 5.85. The van der Waals surface area contributed by atoms with E-state index in [0.29, 0.717) is 12.1 Å². The zero-order chi connectivity index (χ0) is 10.6. The quantitative estimate of drug-likeness (QED) is 0.804. The van der Waals surface area contributed by atoms with Crippen molar-refractivity contribution in [2.45, 2.75) is 38.8 Å². The van der Waals surface area contributed by atoms with E-state index in [2.05, 4.69) is 18.7 Å². The van der Waals surface area contributed by atoms with Crippen molar-refractivity contribution in [2.24, 2.45) is 11.7 Å². The second-order valence-electron chi connectivity index (χ2n) is 4.66. The van der Waals surface area contributed by atoms with Crippen LogP contribution in [-0.4, -0.2) is 43.8 Å². The average Bonchev–Trinajstić information content (AvgIpc) is 2.17. The van der Waals surface area contributed by atoms with E-state index in [0.717, 1.165) is 38.4 Å². The molecule has 0 bridgehead atoms. The Labute approximate surface area is 99.7 Å². The first-order valence-electron chi connectivity index (χ1n) is 5.64. The number of likely N-dealkylation sites (tertiary alicyclic amines) is 1. The molecule has 15 heavy (non-hydrogen) atoms.